The van der Waals surface area contributed by atoms with Gasteiger partial charge in [0, 0.05) is 38.3 Å². The molecule has 0 saturated carbocycles. The van der Waals surface area contributed by atoms with Gasteiger partial charge in [-0.05, 0) is 103 Å². The fourth-order valence-corrected chi connectivity index (χ4v) is 10.9. The lowest BCUT2D eigenvalue weighted by Crippen LogP contribution is -2.15. The van der Waals surface area contributed by atoms with Crippen LogP contribution in [0.4, 0.5) is 0 Å². The van der Waals surface area contributed by atoms with Gasteiger partial charge in [-0.2, -0.15) is 0 Å². The summed E-state index contributed by atoms with van der Waals surface area (Å²) in [6.07, 6.45) is 0. The normalized spacial score (nSPS) is 13.6. The Hall–Kier alpha value is -7.16. The van der Waals surface area contributed by atoms with Crippen LogP contribution in [-0.2, 0) is 5.41 Å². The van der Waals surface area contributed by atoms with E-state index in [9.17, 15) is 0 Å². The Balaban J connectivity index is 1.15. The van der Waals surface area contributed by atoms with E-state index in [-0.39, 0.29) is 5.41 Å². The number of aromatic nitrogens is 2. The van der Waals surface area contributed by atoms with E-state index in [1.54, 1.807) is 0 Å². The van der Waals surface area contributed by atoms with Crippen LogP contribution in [0.25, 0.3) is 110 Å². The molecule has 2 heteroatoms. The van der Waals surface area contributed by atoms with E-state index in [1.807, 2.05) is 0 Å². The molecule has 2 aromatic heterocycles. The van der Waals surface area contributed by atoms with Crippen molar-refractivity contribution in [2.24, 2.45) is 0 Å². The number of hydrogen-bond donors (Lipinski definition) is 0. The fraction of sp³-hybridized carbons (Fsp3) is 0.0545. The lowest BCUT2D eigenvalue weighted by molar-refractivity contribution is 0.667. The highest BCUT2D eigenvalue weighted by Gasteiger charge is 2.41. The Morgan fingerprint density at radius 1 is 0.351 bits per heavy atom. The van der Waals surface area contributed by atoms with Crippen molar-refractivity contribution in [1.82, 2.24) is 9.13 Å². The van der Waals surface area contributed by atoms with Crippen LogP contribution in [0, 0.1) is 0 Å². The first-order valence-electron chi connectivity index (χ1n) is 20.0. The summed E-state index contributed by atoms with van der Waals surface area (Å²) in [5, 5.41) is 7.89. The molecule has 2 aliphatic rings. The van der Waals surface area contributed by atoms with Gasteiger partial charge in [0.25, 0.3) is 0 Å². The Bertz CT molecular complexity index is 3490. The summed E-state index contributed by atoms with van der Waals surface area (Å²) in [4.78, 5) is 0. The van der Waals surface area contributed by atoms with Crippen molar-refractivity contribution in [3.8, 4) is 55.9 Å². The molecule has 266 valence electrons. The molecule has 2 aliphatic carbocycles. The predicted octanol–water partition coefficient (Wildman–Crippen LogP) is 14.7. The smallest absolute Gasteiger partial charge is 0.0795 e. The second-order valence-corrected chi connectivity index (χ2v) is 16.4. The summed E-state index contributed by atoms with van der Waals surface area (Å²) in [6.45, 7) is 4.85. The molecule has 2 heterocycles. The zero-order valence-electron chi connectivity index (χ0n) is 31.7. The van der Waals surface area contributed by atoms with E-state index >= 15 is 0 Å². The molecular weight excluding hydrogens is 689 g/mol. The standard InChI is InChI=1S/C55H36N2/c1-55(2)45-24-11-8-19-42(45)49-50-43-20-9-12-25-46(43)57(53(50)54-51(52(49)55)44-21-10-13-26-47(44)56(54)34-15-4-3-5-16-34)35-29-27-33(28-30-35)36-31-32-41-38-18-7-6-17-37(38)40-23-14-22-39(36)48(40)41/h3-32H,1-2H3. The third kappa shape index (κ3) is 3.90. The Labute approximate surface area is 330 Å². The second kappa shape index (κ2) is 11.0. The zero-order chi connectivity index (χ0) is 37.6. The predicted molar refractivity (Wildman–Crippen MR) is 240 cm³/mol. The molecule has 13 rings (SSSR count). The van der Waals surface area contributed by atoms with Crippen molar-refractivity contribution in [3.63, 3.8) is 0 Å². The lowest BCUT2D eigenvalue weighted by atomic mass is 9.80. The highest BCUT2D eigenvalue weighted by molar-refractivity contribution is 6.31. The molecule has 0 unspecified atom stereocenters. The molecule has 0 amide bonds. The quantitative estimate of drug-likeness (QED) is 0.172. The summed E-state index contributed by atoms with van der Waals surface area (Å²) >= 11 is 0. The van der Waals surface area contributed by atoms with Crippen LogP contribution in [-0.4, -0.2) is 9.13 Å². The van der Waals surface area contributed by atoms with Crippen molar-refractivity contribution in [3.05, 3.63) is 193 Å². The number of nitrogens with zero attached hydrogens (tertiary/aromatic N) is 2. The Morgan fingerprint density at radius 2 is 0.860 bits per heavy atom. The molecule has 0 aliphatic heterocycles. The second-order valence-electron chi connectivity index (χ2n) is 16.4. The molecule has 0 bridgehead atoms. The minimum absolute atomic E-state index is 0.199. The van der Waals surface area contributed by atoms with Crippen molar-refractivity contribution >= 4 is 54.4 Å². The molecule has 0 fully saturated rings. The third-order valence-electron chi connectivity index (χ3n) is 13.2. The molecule has 0 spiro atoms. The molecular formula is C55H36N2. The van der Waals surface area contributed by atoms with Crippen LogP contribution in [0.1, 0.15) is 25.0 Å². The lowest BCUT2D eigenvalue weighted by Gasteiger charge is -2.23. The molecule has 9 aromatic carbocycles. The molecule has 2 nitrogen and oxygen atoms in total. The Morgan fingerprint density at radius 3 is 1.58 bits per heavy atom. The fourth-order valence-electron chi connectivity index (χ4n) is 10.9. The molecule has 57 heavy (non-hydrogen) atoms. The molecule has 0 saturated heterocycles. The highest BCUT2D eigenvalue weighted by atomic mass is 15.0. The van der Waals surface area contributed by atoms with Gasteiger partial charge in [-0.15, -0.1) is 0 Å². The first-order chi connectivity index (χ1) is 28.1. The minimum Gasteiger partial charge on any atom is -0.307 e. The third-order valence-corrected chi connectivity index (χ3v) is 13.2. The van der Waals surface area contributed by atoms with E-state index < -0.39 is 0 Å². The van der Waals surface area contributed by atoms with Crippen molar-refractivity contribution in [2.75, 3.05) is 0 Å². The van der Waals surface area contributed by atoms with Crippen LogP contribution in [0.2, 0.25) is 0 Å². The van der Waals surface area contributed by atoms with Crippen molar-refractivity contribution in [1.29, 1.82) is 0 Å². The Kier molecular flexibility index (Phi) is 6.00. The van der Waals surface area contributed by atoms with Crippen molar-refractivity contribution in [2.45, 2.75) is 19.3 Å². The first kappa shape index (κ1) is 31.1. The van der Waals surface area contributed by atoms with Gasteiger partial charge in [0.1, 0.15) is 0 Å². The van der Waals surface area contributed by atoms with E-state index in [4.69, 9.17) is 0 Å². The average Bonchev–Trinajstić information content (AvgIpc) is 3.96. The van der Waals surface area contributed by atoms with Gasteiger partial charge in [-0.25, -0.2) is 0 Å². The van der Waals surface area contributed by atoms with Crippen LogP contribution >= 0.6 is 0 Å². The largest absolute Gasteiger partial charge is 0.307 e. The maximum Gasteiger partial charge on any atom is 0.0795 e. The zero-order valence-corrected chi connectivity index (χ0v) is 31.7. The van der Waals surface area contributed by atoms with E-state index in [1.165, 1.54) is 116 Å². The van der Waals surface area contributed by atoms with Gasteiger partial charge < -0.3 is 9.13 Å². The van der Waals surface area contributed by atoms with Gasteiger partial charge in [0.05, 0.1) is 22.1 Å². The van der Waals surface area contributed by atoms with Crippen LogP contribution in [0.15, 0.2) is 182 Å². The molecule has 0 N–H and O–H groups in total. The van der Waals surface area contributed by atoms with Gasteiger partial charge in [0.15, 0.2) is 0 Å². The SMILES string of the molecule is CC1(C)c2ccccc2-c2c1c1c3ccccc3n(-c3ccccc3)c1c1c2c2ccccc2n1-c1ccc(-c2ccc3c4c(cccc24)-c2ccccc2-3)cc1. The summed E-state index contributed by atoms with van der Waals surface area (Å²) in [5.41, 5.74) is 20.4. The maximum atomic E-state index is 2.55. The molecule has 11 aromatic rings. The highest BCUT2D eigenvalue weighted by Crippen LogP contribution is 2.58. The van der Waals surface area contributed by atoms with Crippen LogP contribution < -0.4 is 0 Å². The summed E-state index contributed by atoms with van der Waals surface area (Å²) < 4.78 is 5.08. The van der Waals surface area contributed by atoms with Crippen LogP contribution in [0.3, 0.4) is 0 Å². The molecule has 0 radical (unpaired) electrons. The van der Waals surface area contributed by atoms with Gasteiger partial charge in [-0.1, -0.05) is 159 Å². The number of fused-ring (bicyclic) bond motifs is 15. The topological polar surface area (TPSA) is 9.86 Å². The first-order valence-corrected chi connectivity index (χ1v) is 20.0. The van der Waals surface area contributed by atoms with Gasteiger partial charge in [-0.3, -0.25) is 0 Å². The van der Waals surface area contributed by atoms with Gasteiger partial charge in [0.2, 0.25) is 0 Å². The minimum atomic E-state index is -0.199. The molecule has 0 atom stereocenters. The van der Waals surface area contributed by atoms with E-state index in [0.717, 1.165) is 5.69 Å². The van der Waals surface area contributed by atoms with Crippen molar-refractivity contribution < 1.29 is 0 Å². The number of hydrogen-bond acceptors (Lipinski definition) is 0. The number of para-hydroxylation sites is 3. The van der Waals surface area contributed by atoms with Crippen LogP contribution in [0.5, 0.6) is 0 Å². The summed E-state index contributed by atoms with van der Waals surface area (Å²) in [7, 11) is 0. The summed E-state index contributed by atoms with van der Waals surface area (Å²) in [6, 6.07) is 67.7. The summed E-state index contributed by atoms with van der Waals surface area (Å²) in [5.74, 6) is 0. The average molecular weight is 725 g/mol. The van der Waals surface area contributed by atoms with Gasteiger partial charge >= 0.3 is 0 Å². The monoisotopic (exact) mass is 724 g/mol. The number of rotatable bonds is 3. The van der Waals surface area contributed by atoms with E-state index in [0.29, 0.717) is 0 Å². The van der Waals surface area contributed by atoms with E-state index in [2.05, 4.69) is 205 Å². The maximum absolute atomic E-state index is 2.55. The number of benzene rings is 9.